The van der Waals surface area contributed by atoms with Gasteiger partial charge in [-0.2, -0.15) is 8.42 Å². The minimum absolute atomic E-state index is 0.132. The van der Waals surface area contributed by atoms with Gasteiger partial charge in [0, 0.05) is 16.7 Å². The highest BCUT2D eigenvalue weighted by Gasteiger charge is 2.19. The van der Waals surface area contributed by atoms with E-state index in [9.17, 15) is 8.42 Å². The van der Waals surface area contributed by atoms with Crippen LogP contribution < -0.4 is 10.0 Å². The molecule has 0 unspecified atom stereocenters. The molecule has 0 aliphatic heterocycles. The average molecular weight is 374 g/mol. The Morgan fingerprint density at radius 3 is 2.67 bits per heavy atom. The molecule has 2 aromatic heterocycles. The van der Waals surface area contributed by atoms with Crippen LogP contribution in [0.5, 0.6) is 0 Å². The minimum Gasteiger partial charge on any atom is -0.446 e. The first-order valence-corrected chi connectivity index (χ1v) is 8.61. The lowest BCUT2D eigenvalue weighted by molar-refractivity contribution is 0.396. The largest absolute Gasteiger partial charge is 0.446 e. The number of hydrogen-bond donors (Lipinski definition) is 2. The Balaban J connectivity index is 2.10. The highest BCUT2D eigenvalue weighted by Crippen LogP contribution is 2.18. The molecule has 0 fully saturated rings. The van der Waals surface area contributed by atoms with E-state index in [1.54, 1.807) is 18.2 Å². The van der Waals surface area contributed by atoms with Gasteiger partial charge in [-0.05, 0) is 40.2 Å². The topological polar surface area (TPSA) is 84.2 Å². The Labute approximate surface area is 132 Å². The number of hydrogen-bond acceptors (Lipinski definition) is 5. The molecule has 2 N–H and O–H groups in total. The number of halogens is 1. The molecule has 2 heterocycles. The van der Waals surface area contributed by atoms with Crippen molar-refractivity contribution in [1.82, 2.24) is 10.3 Å². The Bertz CT molecular complexity index is 696. The smallest absolute Gasteiger partial charge is 0.296 e. The predicted octanol–water partition coefficient (Wildman–Crippen LogP) is 2.74. The second kappa shape index (κ2) is 6.59. The van der Waals surface area contributed by atoms with Crippen molar-refractivity contribution in [2.24, 2.45) is 0 Å². The Morgan fingerprint density at radius 2 is 2.05 bits per heavy atom. The van der Waals surface area contributed by atoms with E-state index in [1.165, 1.54) is 12.3 Å². The number of anilines is 1. The standard InChI is InChI=1S/C13H16BrN3O3S/c1-9(2)15-8-11-4-6-13(20-11)21(18,19)17-12-5-3-10(14)7-16-12/h3-7,9,15H,8H2,1-2H3,(H,16,17). The summed E-state index contributed by atoms with van der Waals surface area (Å²) in [5.41, 5.74) is 0. The number of aromatic nitrogens is 1. The van der Waals surface area contributed by atoms with E-state index in [4.69, 9.17) is 4.42 Å². The van der Waals surface area contributed by atoms with Gasteiger partial charge in [-0.15, -0.1) is 0 Å². The average Bonchev–Trinajstić information content (AvgIpc) is 2.88. The summed E-state index contributed by atoms with van der Waals surface area (Å²) in [6.45, 7) is 4.48. The van der Waals surface area contributed by atoms with Crippen LogP contribution in [-0.4, -0.2) is 19.4 Å². The lowest BCUT2D eigenvalue weighted by Crippen LogP contribution is -2.21. The molecule has 6 nitrogen and oxygen atoms in total. The first kappa shape index (κ1) is 16.0. The van der Waals surface area contributed by atoms with Gasteiger partial charge in [0.15, 0.2) is 0 Å². The predicted molar refractivity (Wildman–Crippen MR) is 83.4 cm³/mol. The van der Waals surface area contributed by atoms with Crippen LogP contribution in [0.1, 0.15) is 19.6 Å². The van der Waals surface area contributed by atoms with Gasteiger partial charge in [0.2, 0.25) is 5.09 Å². The van der Waals surface area contributed by atoms with Crippen molar-refractivity contribution < 1.29 is 12.8 Å². The molecule has 0 aliphatic rings. The van der Waals surface area contributed by atoms with Crippen LogP contribution in [-0.2, 0) is 16.6 Å². The minimum atomic E-state index is -3.77. The Hall–Kier alpha value is -1.38. The molecule has 21 heavy (non-hydrogen) atoms. The quantitative estimate of drug-likeness (QED) is 0.812. The van der Waals surface area contributed by atoms with E-state index in [0.29, 0.717) is 18.3 Å². The van der Waals surface area contributed by atoms with Crippen molar-refractivity contribution in [1.29, 1.82) is 0 Å². The number of pyridine rings is 1. The van der Waals surface area contributed by atoms with E-state index in [-0.39, 0.29) is 10.9 Å². The molecule has 114 valence electrons. The zero-order valence-electron chi connectivity index (χ0n) is 11.6. The van der Waals surface area contributed by atoms with Gasteiger partial charge >= 0.3 is 0 Å². The summed E-state index contributed by atoms with van der Waals surface area (Å²) >= 11 is 3.24. The zero-order chi connectivity index (χ0) is 15.5. The van der Waals surface area contributed by atoms with Gasteiger partial charge in [0.25, 0.3) is 10.0 Å². The van der Waals surface area contributed by atoms with E-state index in [1.807, 2.05) is 13.8 Å². The van der Waals surface area contributed by atoms with E-state index >= 15 is 0 Å². The molecule has 0 saturated carbocycles. The summed E-state index contributed by atoms with van der Waals surface area (Å²) < 4.78 is 32.8. The Kier molecular flexibility index (Phi) is 5.02. The van der Waals surface area contributed by atoms with Crippen molar-refractivity contribution in [3.05, 3.63) is 40.7 Å². The van der Waals surface area contributed by atoms with E-state index < -0.39 is 10.0 Å². The normalized spacial score (nSPS) is 11.8. The van der Waals surface area contributed by atoms with Crippen molar-refractivity contribution >= 4 is 31.8 Å². The molecular formula is C13H16BrN3O3S. The molecule has 0 radical (unpaired) electrons. The number of rotatable bonds is 6. The molecule has 0 amide bonds. The van der Waals surface area contributed by atoms with Crippen LogP contribution in [0, 0.1) is 0 Å². The van der Waals surface area contributed by atoms with Crippen LogP contribution in [0.4, 0.5) is 5.82 Å². The molecule has 0 aromatic carbocycles. The van der Waals surface area contributed by atoms with Gasteiger partial charge < -0.3 is 9.73 Å². The van der Waals surface area contributed by atoms with Gasteiger partial charge in [-0.25, -0.2) is 4.98 Å². The summed E-state index contributed by atoms with van der Waals surface area (Å²) in [6, 6.07) is 6.62. The fourth-order valence-electron chi connectivity index (χ4n) is 1.53. The molecule has 2 rings (SSSR count). The second-order valence-electron chi connectivity index (χ2n) is 4.72. The summed E-state index contributed by atoms with van der Waals surface area (Å²) in [4.78, 5) is 3.96. The molecule has 0 saturated heterocycles. The lowest BCUT2D eigenvalue weighted by Gasteiger charge is -2.06. The molecular weight excluding hydrogens is 358 g/mol. The van der Waals surface area contributed by atoms with Gasteiger partial charge in [-0.1, -0.05) is 13.8 Å². The molecule has 0 atom stereocenters. The van der Waals surface area contributed by atoms with Crippen molar-refractivity contribution in [2.45, 2.75) is 31.5 Å². The third-order valence-corrected chi connectivity index (χ3v) is 4.25. The fraction of sp³-hybridized carbons (Fsp3) is 0.308. The Morgan fingerprint density at radius 1 is 1.29 bits per heavy atom. The fourth-order valence-corrected chi connectivity index (χ4v) is 2.72. The summed E-state index contributed by atoms with van der Waals surface area (Å²) in [5, 5.41) is 3.02. The number of nitrogens with one attached hydrogen (secondary N) is 2. The maximum atomic E-state index is 12.2. The third-order valence-electron chi connectivity index (χ3n) is 2.55. The summed E-state index contributed by atoms with van der Waals surface area (Å²) in [5.74, 6) is 0.796. The first-order valence-electron chi connectivity index (χ1n) is 6.33. The molecule has 0 aliphatic carbocycles. The van der Waals surface area contributed by atoms with Gasteiger partial charge in [0.1, 0.15) is 11.6 Å². The first-order chi connectivity index (χ1) is 9.87. The molecule has 2 aromatic rings. The van der Waals surface area contributed by atoms with Crippen molar-refractivity contribution in [2.75, 3.05) is 4.72 Å². The van der Waals surface area contributed by atoms with Crippen LogP contribution in [0.3, 0.4) is 0 Å². The third kappa shape index (κ3) is 4.55. The molecule has 8 heteroatoms. The van der Waals surface area contributed by atoms with Crippen LogP contribution in [0.15, 0.2) is 44.4 Å². The van der Waals surface area contributed by atoms with Gasteiger partial charge in [0.05, 0.1) is 6.54 Å². The SMILES string of the molecule is CC(C)NCc1ccc(S(=O)(=O)Nc2ccc(Br)cn2)o1. The number of furan rings is 1. The van der Waals surface area contributed by atoms with E-state index in [2.05, 4.69) is 31.0 Å². The monoisotopic (exact) mass is 373 g/mol. The van der Waals surface area contributed by atoms with Crippen LogP contribution in [0.2, 0.25) is 0 Å². The summed E-state index contributed by atoms with van der Waals surface area (Å²) in [7, 11) is -3.77. The van der Waals surface area contributed by atoms with E-state index in [0.717, 1.165) is 4.47 Å². The highest BCUT2D eigenvalue weighted by molar-refractivity contribution is 9.10. The number of nitrogens with zero attached hydrogens (tertiary/aromatic N) is 1. The zero-order valence-corrected chi connectivity index (χ0v) is 14.0. The maximum Gasteiger partial charge on any atom is 0.296 e. The van der Waals surface area contributed by atoms with Crippen molar-refractivity contribution in [3.8, 4) is 0 Å². The molecule has 0 bridgehead atoms. The second-order valence-corrected chi connectivity index (χ2v) is 7.25. The summed E-state index contributed by atoms with van der Waals surface area (Å²) in [6.07, 6.45) is 1.51. The lowest BCUT2D eigenvalue weighted by atomic mass is 10.3. The van der Waals surface area contributed by atoms with Crippen LogP contribution >= 0.6 is 15.9 Å². The van der Waals surface area contributed by atoms with Gasteiger partial charge in [-0.3, -0.25) is 4.72 Å². The number of sulfonamides is 1. The molecule has 0 spiro atoms. The van der Waals surface area contributed by atoms with Crippen molar-refractivity contribution in [3.63, 3.8) is 0 Å². The van der Waals surface area contributed by atoms with Crippen LogP contribution in [0.25, 0.3) is 0 Å². The highest BCUT2D eigenvalue weighted by atomic mass is 79.9. The maximum absolute atomic E-state index is 12.2.